The molecule has 1 aromatic heterocycles. The molecular weight excluding hydrogens is 358 g/mol. The molecular formula is C21H21N3O4. The summed E-state index contributed by atoms with van der Waals surface area (Å²) in [6.07, 6.45) is 1.54. The number of nitro groups is 1. The van der Waals surface area contributed by atoms with Crippen molar-refractivity contribution in [1.82, 2.24) is 4.98 Å². The van der Waals surface area contributed by atoms with Crippen LogP contribution in [0.3, 0.4) is 0 Å². The Bertz CT molecular complexity index is 947. The van der Waals surface area contributed by atoms with Gasteiger partial charge in [0.05, 0.1) is 12.0 Å². The van der Waals surface area contributed by atoms with E-state index in [1.54, 1.807) is 31.3 Å². The Hall–Kier alpha value is -3.61. The third-order valence-corrected chi connectivity index (χ3v) is 4.21. The van der Waals surface area contributed by atoms with Gasteiger partial charge in [0.1, 0.15) is 6.61 Å². The summed E-state index contributed by atoms with van der Waals surface area (Å²) in [6, 6.07) is 18.5. The van der Waals surface area contributed by atoms with E-state index in [4.69, 9.17) is 9.47 Å². The van der Waals surface area contributed by atoms with Crippen LogP contribution in [0, 0.1) is 10.1 Å². The van der Waals surface area contributed by atoms with Crippen molar-refractivity contribution in [2.45, 2.75) is 13.2 Å². The van der Waals surface area contributed by atoms with E-state index in [-0.39, 0.29) is 5.69 Å². The number of nitrogens with zero attached hydrogens (tertiary/aromatic N) is 3. The molecule has 0 bridgehead atoms. The van der Waals surface area contributed by atoms with Crippen LogP contribution in [-0.2, 0) is 13.2 Å². The number of ether oxygens (including phenoxy) is 2. The van der Waals surface area contributed by atoms with Gasteiger partial charge in [0.25, 0.3) is 0 Å². The smallest absolute Gasteiger partial charge is 0.311 e. The molecule has 3 rings (SSSR count). The van der Waals surface area contributed by atoms with Gasteiger partial charge in [0.15, 0.2) is 11.5 Å². The number of hydrogen-bond donors (Lipinski definition) is 0. The van der Waals surface area contributed by atoms with Crippen molar-refractivity contribution in [2.75, 3.05) is 19.1 Å². The fraction of sp³-hybridized carbons (Fsp3) is 0.190. The molecule has 0 fully saturated rings. The molecule has 0 N–H and O–H groups in total. The van der Waals surface area contributed by atoms with E-state index in [0.29, 0.717) is 30.5 Å². The molecule has 0 unspecified atom stereocenters. The lowest BCUT2D eigenvalue weighted by Crippen LogP contribution is -2.19. The third kappa shape index (κ3) is 4.56. The molecule has 0 atom stereocenters. The molecule has 7 heteroatoms. The summed E-state index contributed by atoms with van der Waals surface area (Å²) in [5.74, 6) is 1.56. The standard InChI is InChI=1S/C21H21N3O4/c1-23(21-18(24(25)26)9-6-12-22-21)14-17-10-11-19(20(13-17)27-2)28-15-16-7-4-3-5-8-16/h3-13H,14-15H2,1-2H3. The molecule has 0 saturated heterocycles. The minimum Gasteiger partial charge on any atom is -0.493 e. The number of methoxy groups -OCH3 is 1. The van der Waals surface area contributed by atoms with Crippen molar-refractivity contribution in [2.24, 2.45) is 0 Å². The van der Waals surface area contributed by atoms with E-state index in [1.165, 1.54) is 6.07 Å². The van der Waals surface area contributed by atoms with E-state index in [1.807, 2.05) is 48.5 Å². The molecule has 0 radical (unpaired) electrons. The zero-order valence-electron chi connectivity index (χ0n) is 15.7. The summed E-state index contributed by atoms with van der Waals surface area (Å²) in [6.45, 7) is 0.879. The number of aromatic nitrogens is 1. The van der Waals surface area contributed by atoms with Gasteiger partial charge in [-0.15, -0.1) is 0 Å². The van der Waals surface area contributed by atoms with Gasteiger partial charge in [-0.05, 0) is 29.3 Å². The van der Waals surface area contributed by atoms with Crippen LogP contribution in [0.4, 0.5) is 11.5 Å². The Labute approximate surface area is 163 Å². The van der Waals surface area contributed by atoms with E-state index in [0.717, 1.165) is 11.1 Å². The van der Waals surface area contributed by atoms with E-state index in [2.05, 4.69) is 4.98 Å². The van der Waals surface area contributed by atoms with Crippen molar-refractivity contribution >= 4 is 11.5 Å². The van der Waals surface area contributed by atoms with Crippen LogP contribution >= 0.6 is 0 Å². The second-order valence-electron chi connectivity index (χ2n) is 6.22. The molecule has 2 aromatic carbocycles. The van der Waals surface area contributed by atoms with Gasteiger partial charge >= 0.3 is 5.69 Å². The Kier molecular flexibility index (Phi) is 6.06. The molecule has 28 heavy (non-hydrogen) atoms. The zero-order chi connectivity index (χ0) is 19.9. The Morgan fingerprint density at radius 2 is 1.82 bits per heavy atom. The SMILES string of the molecule is COc1cc(CN(C)c2ncccc2[N+](=O)[O-])ccc1OCc1ccccc1. The van der Waals surface area contributed by atoms with Crippen LogP contribution in [0.25, 0.3) is 0 Å². The van der Waals surface area contributed by atoms with Crippen molar-refractivity contribution in [3.63, 3.8) is 0 Å². The molecule has 7 nitrogen and oxygen atoms in total. The van der Waals surface area contributed by atoms with Crippen molar-refractivity contribution in [1.29, 1.82) is 0 Å². The summed E-state index contributed by atoms with van der Waals surface area (Å²) < 4.78 is 11.3. The third-order valence-electron chi connectivity index (χ3n) is 4.21. The fourth-order valence-corrected chi connectivity index (χ4v) is 2.84. The average Bonchev–Trinajstić information content (AvgIpc) is 2.73. The first kappa shape index (κ1) is 19.2. The number of rotatable bonds is 8. The number of anilines is 1. The van der Waals surface area contributed by atoms with Crippen LogP contribution in [-0.4, -0.2) is 24.1 Å². The second-order valence-corrected chi connectivity index (χ2v) is 6.22. The number of benzene rings is 2. The van der Waals surface area contributed by atoms with Crippen molar-refractivity contribution in [3.8, 4) is 11.5 Å². The monoisotopic (exact) mass is 379 g/mol. The number of pyridine rings is 1. The van der Waals surface area contributed by atoms with Gasteiger partial charge in [-0.3, -0.25) is 10.1 Å². The molecule has 0 aliphatic heterocycles. The Balaban J connectivity index is 1.74. The van der Waals surface area contributed by atoms with Crippen molar-refractivity contribution < 1.29 is 14.4 Å². The lowest BCUT2D eigenvalue weighted by Gasteiger charge is -2.19. The summed E-state index contributed by atoms with van der Waals surface area (Å²) >= 11 is 0. The lowest BCUT2D eigenvalue weighted by atomic mass is 10.2. The Morgan fingerprint density at radius 1 is 1.04 bits per heavy atom. The lowest BCUT2D eigenvalue weighted by molar-refractivity contribution is -0.384. The topological polar surface area (TPSA) is 77.7 Å². The van der Waals surface area contributed by atoms with Gasteiger partial charge in [0, 0.05) is 25.9 Å². The quantitative estimate of drug-likeness (QED) is 0.431. The molecule has 0 aliphatic carbocycles. The molecule has 3 aromatic rings. The fourth-order valence-electron chi connectivity index (χ4n) is 2.84. The molecule has 144 valence electrons. The van der Waals surface area contributed by atoms with Gasteiger partial charge in [-0.25, -0.2) is 4.98 Å². The largest absolute Gasteiger partial charge is 0.493 e. The van der Waals surface area contributed by atoms with Crippen molar-refractivity contribution in [3.05, 3.63) is 88.1 Å². The summed E-state index contributed by atoms with van der Waals surface area (Å²) in [4.78, 5) is 16.7. The normalized spacial score (nSPS) is 10.4. The highest BCUT2D eigenvalue weighted by Crippen LogP contribution is 2.31. The first-order valence-electron chi connectivity index (χ1n) is 8.72. The first-order chi connectivity index (χ1) is 13.6. The summed E-state index contributed by atoms with van der Waals surface area (Å²) in [5.41, 5.74) is 1.96. The van der Waals surface area contributed by atoms with E-state index < -0.39 is 4.92 Å². The maximum atomic E-state index is 11.2. The molecule has 1 heterocycles. The minimum atomic E-state index is -0.431. The Morgan fingerprint density at radius 3 is 2.54 bits per heavy atom. The molecule has 0 aliphatic rings. The highest BCUT2D eigenvalue weighted by molar-refractivity contribution is 5.57. The summed E-state index contributed by atoms with van der Waals surface area (Å²) in [5, 5.41) is 11.2. The van der Waals surface area contributed by atoms with Crippen LogP contribution in [0.2, 0.25) is 0 Å². The maximum Gasteiger partial charge on any atom is 0.311 e. The van der Waals surface area contributed by atoms with E-state index in [9.17, 15) is 10.1 Å². The van der Waals surface area contributed by atoms with Gasteiger partial charge in [-0.1, -0.05) is 36.4 Å². The van der Waals surface area contributed by atoms with Crippen LogP contribution in [0.15, 0.2) is 66.9 Å². The predicted molar refractivity (Wildman–Crippen MR) is 107 cm³/mol. The molecule has 0 saturated carbocycles. The average molecular weight is 379 g/mol. The molecule has 0 spiro atoms. The van der Waals surface area contributed by atoms with Crippen LogP contribution in [0.1, 0.15) is 11.1 Å². The van der Waals surface area contributed by atoms with Gasteiger partial charge in [0.2, 0.25) is 5.82 Å². The maximum absolute atomic E-state index is 11.2. The zero-order valence-corrected chi connectivity index (χ0v) is 15.7. The summed E-state index contributed by atoms with van der Waals surface area (Å²) in [7, 11) is 3.35. The second kappa shape index (κ2) is 8.85. The van der Waals surface area contributed by atoms with E-state index >= 15 is 0 Å². The predicted octanol–water partition coefficient (Wildman–Crippen LogP) is 4.21. The van der Waals surface area contributed by atoms with Crippen LogP contribution < -0.4 is 14.4 Å². The molecule has 0 amide bonds. The first-order valence-corrected chi connectivity index (χ1v) is 8.72. The number of hydrogen-bond acceptors (Lipinski definition) is 6. The van der Waals surface area contributed by atoms with Gasteiger partial charge < -0.3 is 14.4 Å². The highest BCUT2D eigenvalue weighted by atomic mass is 16.6. The minimum absolute atomic E-state index is 0.0280. The van der Waals surface area contributed by atoms with Crippen LogP contribution in [0.5, 0.6) is 11.5 Å². The van der Waals surface area contributed by atoms with Gasteiger partial charge in [-0.2, -0.15) is 0 Å². The highest BCUT2D eigenvalue weighted by Gasteiger charge is 2.18.